The first kappa shape index (κ1) is 11.0. The topological polar surface area (TPSA) is 49.2 Å². The first-order valence-electron chi connectivity index (χ1n) is 4.95. The molecule has 0 aliphatic rings. The lowest BCUT2D eigenvalue weighted by atomic mass is 10.4. The van der Waals surface area contributed by atoms with Gasteiger partial charge in [-0.3, -0.25) is 0 Å². The third kappa shape index (κ3) is 2.56. The molecule has 2 heterocycles. The lowest BCUT2D eigenvalue weighted by Crippen LogP contribution is -2.18. The van der Waals surface area contributed by atoms with Crippen LogP contribution >= 0.6 is 11.3 Å². The van der Waals surface area contributed by atoms with Gasteiger partial charge in [0.05, 0.1) is 13.2 Å². The quantitative estimate of drug-likeness (QED) is 0.875. The Labute approximate surface area is 98.2 Å². The molecule has 5 heteroatoms. The molecule has 0 spiro atoms. The Morgan fingerprint density at radius 3 is 2.69 bits per heavy atom. The molecule has 0 aromatic carbocycles. The average Bonchev–Trinajstić information content (AvgIpc) is 2.82. The van der Waals surface area contributed by atoms with Crippen LogP contribution in [0.15, 0.2) is 29.9 Å². The van der Waals surface area contributed by atoms with Crippen LogP contribution in [0.25, 0.3) is 0 Å². The highest BCUT2D eigenvalue weighted by molar-refractivity contribution is 7.09. The molecule has 0 saturated heterocycles. The van der Waals surface area contributed by atoms with Crippen molar-refractivity contribution >= 4 is 17.3 Å². The minimum Gasteiger partial charge on any atom is -0.392 e. The Kier molecular flexibility index (Phi) is 3.48. The molecule has 2 aromatic heterocycles. The summed E-state index contributed by atoms with van der Waals surface area (Å²) in [6.45, 7) is 0.783. The molecular weight excluding hydrogens is 222 g/mol. The van der Waals surface area contributed by atoms with E-state index in [1.807, 2.05) is 18.0 Å². The lowest BCUT2D eigenvalue weighted by Gasteiger charge is -2.15. The van der Waals surface area contributed by atoms with E-state index >= 15 is 0 Å². The molecule has 0 amide bonds. The maximum Gasteiger partial charge on any atom is 0.225 e. The van der Waals surface area contributed by atoms with E-state index in [2.05, 4.69) is 21.4 Å². The molecular formula is C11H13N3OS. The van der Waals surface area contributed by atoms with Crippen molar-refractivity contribution in [2.24, 2.45) is 0 Å². The molecule has 0 radical (unpaired) electrons. The number of aliphatic hydroxyl groups excluding tert-OH is 1. The molecule has 1 N–H and O–H groups in total. The molecule has 0 unspecified atom stereocenters. The fraction of sp³-hybridized carbons (Fsp3) is 0.273. The number of rotatable bonds is 4. The highest BCUT2D eigenvalue weighted by Gasteiger charge is 2.05. The second kappa shape index (κ2) is 5.05. The van der Waals surface area contributed by atoms with E-state index in [0.29, 0.717) is 5.95 Å². The Hall–Kier alpha value is -1.46. The minimum atomic E-state index is -0.0189. The lowest BCUT2D eigenvalue weighted by molar-refractivity contribution is 0.281. The first-order valence-corrected chi connectivity index (χ1v) is 5.83. The van der Waals surface area contributed by atoms with Crippen LogP contribution in [0.2, 0.25) is 0 Å². The summed E-state index contributed by atoms with van der Waals surface area (Å²) in [5.41, 5.74) is 0.730. The van der Waals surface area contributed by atoms with E-state index in [1.165, 1.54) is 4.88 Å². The van der Waals surface area contributed by atoms with E-state index in [9.17, 15) is 0 Å². The van der Waals surface area contributed by atoms with Gasteiger partial charge in [0.25, 0.3) is 0 Å². The van der Waals surface area contributed by atoms with E-state index in [1.54, 1.807) is 23.7 Å². The fourth-order valence-corrected chi connectivity index (χ4v) is 2.09. The summed E-state index contributed by atoms with van der Waals surface area (Å²) in [5.74, 6) is 0.672. The smallest absolute Gasteiger partial charge is 0.225 e. The summed E-state index contributed by atoms with van der Waals surface area (Å²) < 4.78 is 0. The van der Waals surface area contributed by atoms with Gasteiger partial charge in [0, 0.05) is 29.9 Å². The van der Waals surface area contributed by atoms with Crippen LogP contribution < -0.4 is 4.90 Å². The van der Waals surface area contributed by atoms with Crippen LogP contribution in [-0.2, 0) is 13.2 Å². The Balaban J connectivity index is 2.05. The summed E-state index contributed by atoms with van der Waals surface area (Å²) in [7, 11) is 1.95. The highest BCUT2D eigenvalue weighted by atomic mass is 32.1. The number of anilines is 1. The largest absolute Gasteiger partial charge is 0.392 e. The molecule has 0 saturated carbocycles. The summed E-state index contributed by atoms with van der Waals surface area (Å²) in [5, 5.41) is 10.9. The normalized spacial score (nSPS) is 10.4. The van der Waals surface area contributed by atoms with Gasteiger partial charge in [-0.2, -0.15) is 0 Å². The molecule has 0 fully saturated rings. The molecule has 2 aromatic rings. The number of aliphatic hydroxyl groups is 1. The van der Waals surface area contributed by atoms with Gasteiger partial charge in [0.1, 0.15) is 0 Å². The highest BCUT2D eigenvalue weighted by Crippen LogP contribution is 2.14. The molecule has 0 atom stereocenters. The van der Waals surface area contributed by atoms with Gasteiger partial charge in [0.2, 0.25) is 5.95 Å². The van der Waals surface area contributed by atoms with Gasteiger partial charge in [0.15, 0.2) is 0 Å². The second-order valence-corrected chi connectivity index (χ2v) is 4.52. The predicted molar refractivity (Wildman–Crippen MR) is 64.4 cm³/mol. The standard InChI is InChI=1S/C11H13N3OS/c1-14(7-10-3-2-4-16-10)11-12-5-9(8-15)6-13-11/h2-6,15H,7-8H2,1H3. The van der Waals surface area contributed by atoms with Gasteiger partial charge >= 0.3 is 0 Å². The summed E-state index contributed by atoms with van der Waals surface area (Å²) in [6, 6.07) is 4.12. The van der Waals surface area contributed by atoms with Crippen molar-refractivity contribution in [1.82, 2.24) is 9.97 Å². The van der Waals surface area contributed by atoms with Crippen LogP contribution in [0.4, 0.5) is 5.95 Å². The van der Waals surface area contributed by atoms with E-state index in [-0.39, 0.29) is 6.61 Å². The Bertz CT molecular complexity index is 427. The van der Waals surface area contributed by atoms with Crippen molar-refractivity contribution in [3.05, 3.63) is 40.3 Å². The van der Waals surface area contributed by atoms with Crippen molar-refractivity contribution in [2.45, 2.75) is 13.2 Å². The summed E-state index contributed by atoms with van der Waals surface area (Å²) >= 11 is 1.72. The monoisotopic (exact) mass is 235 g/mol. The van der Waals surface area contributed by atoms with Crippen molar-refractivity contribution < 1.29 is 5.11 Å². The molecule has 4 nitrogen and oxygen atoms in total. The number of hydrogen-bond acceptors (Lipinski definition) is 5. The van der Waals surface area contributed by atoms with Crippen molar-refractivity contribution in [3.63, 3.8) is 0 Å². The zero-order chi connectivity index (χ0) is 11.4. The molecule has 2 rings (SSSR count). The maximum atomic E-state index is 8.88. The number of aromatic nitrogens is 2. The van der Waals surface area contributed by atoms with Crippen molar-refractivity contribution in [1.29, 1.82) is 0 Å². The fourth-order valence-electron chi connectivity index (χ4n) is 1.33. The number of hydrogen-bond donors (Lipinski definition) is 1. The van der Waals surface area contributed by atoms with Crippen molar-refractivity contribution in [2.75, 3.05) is 11.9 Å². The van der Waals surface area contributed by atoms with Crippen LogP contribution in [0.3, 0.4) is 0 Å². The Morgan fingerprint density at radius 2 is 2.12 bits per heavy atom. The summed E-state index contributed by atoms with van der Waals surface area (Å²) in [4.78, 5) is 11.6. The first-order chi connectivity index (χ1) is 7.79. The molecule has 0 aliphatic carbocycles. The predicted octanol–water partition coefficient (Wildman–Crippen LogP) is 1.67. The zero-order valence-electron chi connectivity index (χ0n) is 9.00. The van der Waals surface area contributed by atoms with Gasteiger partial charge in [-0.25, -0.2) is 9.97 Å². The van der Waals surface area contributed by atoms with Crippen molar-refractivity contribution in [3.8, 4) is 0 Å². The third-order valence-electron chi connectivity index (χ3n) is 2.19. The number of nitrogens with zero attached hydrogens (tertiary/aromatic N) is 3. The molecule has 84 valence electrons. The van der Waals surface area contributed by atoms with Gasteiger partial charge in [-0.1, -0.05) is 6.07 Å². The van der Waals surface area contributed by atoms with E-state index in [4.69, 9.17) is 5.11 Å². The molecule has 0 aliphatic heterocycles. The minimum absolute atomic E-state index is 0.0189. The van der Waals surface area contributed by atoms with Crippen LogP contribution in [0.5, 0.6) is 0 Å². The Morgan fingerprint density at radius 1 is 1.38 bits per heavy atom. The SMILES string of the molecule is CN(Cc1cccs1)c1ncc(CO)cn1. The number of thiophene rings is 1. The van der Waals surface area contributed by atoms with Gasteiger partial charge < -0.3 is 10.0 Å². The molecule has 0 bridgehead atoms. The third-order valence-corrected chi connectivity index (χ3v) is 3.05. The van der Waals surface area contributed by atoms with Crippen LogP contribution in [0.1, 0.15) is 10.4 Å². The van der Waals surface area contributed by atoms with E-state index < -0.39 is 0 Å². The summed E-state index contributed by atoms with van der Waals surface area (Å²) in [6.07, 6.45) is 3.29. The van der Waals surface area contributed by atoms with Gasteiger partial charge in [-0.05, 0) is 11.4 Å². The maximum absolute atomic E-state index is 8.88. The second-order valence-electron chi connectivity index (χ2n) is 3.48. The van der Waals surface area contributed by atoms with Crippen LogP contribution in [-0.4, -0.2) is 22.1 Å². The molecule has 16 heavy (non-hydrogen) atoms. The zero-order valence-corrected chi connectivity index (χ0v) is 9.81. The van der Waals surface area contributed by atoms with Crippen LogP contribution in [0, 0.1) is 0 Å². The average molecular weight is 235 g/mol. The van der Waals surface area contributed by atoms with Gasteiger partial charge in [-0.15, -0.1) is 11.3 Å². The van der Waals surface area contributed by atoms with E-state index in [0.717, 1.165) is 12.1 Å².